The molecule has 0 bridgehead atoms. The van der Waals surface area contributed by atoms with Gasteiger partial charge in [-0.05, 0) is 24.6 Å². The molecule has 22 heavy (non-hydrogen) atoms. The number of halogens is 2. The minimum Gasteiger partial charge on any atom is -0.481 e. The molecule has 1 heterocycles. The molecular weight excluding hydrogens is 329 g/mol. The Labute approximate surface area is 136 Å². The number of amides is 1. The Morgan fingerprint density at radius 3 is 2.77 bits per heavy atom. The summed E-state index contributed by atoms with van der Waals surface area (Å²) in [6.45, 7) is 0.290. The van der Waals surface area contributed by atoms with Crippen molar-refractivity contribution < 1.29 is 14.7 Å². The molecule has 1 aromatic heterocycles. The molecule has 2 rings (SSSR count). The fraction of sp³-hybridized carbons (Fsp3) is 0.214. The van der Waals surface area contributed by atoms with Crippen LogP contribution >= 0.6 is 23.2 Å². The lowest BCUT2D eigenvalue weighted by Crippen LogP contribution is -2.24. The second-order valence-electron chi connectivity index (χ2n) is 4.52. The molecule has 1 aromatic carbocycles. The quantitative estimate of drug-likeness (QED) is 0.791. The number of aromatic nitrogens is 2. The van der Waals surface area contributed by atoms with Crippen LogP contribution in [0.25, 0.3) is 5.69 Å². The number of carboxylic acid groups (broad SMARTS) is 1. The average Bonchev–Trinajstić information content (AvgIpc) is 2.92. The van der Waals surface area contributed by atoms with Crippen molar-refractivity contribution in [1.29, 1.82) is 0 Å². The number of nitrogens with zero attached hydrogens (tertiary/aromatic N) is 2. The fourth-order valence-electron chi connectivity index (χ4n) is 1.78. The molecule has 2 N–H and O–H groups in total. The summed E-state index contributed by atoms with van der Waals surface area (Å²) < 4.78 is 1.48. The maximum absolute atomic E-state index is 11.9. The van der Waals surface area contributed by atoms with E-state index in [1.165, 1.54) is 10.9 Å². The standard InChI is InChI=1S/C14H13Cl2N3O3/c15-10-3-4-12(11(16)6-10)19-8-9(7-18-19)14(22)17-5-1-2-13(20)21/h3-4,6-8H,1-2,5H2,(H,17,22)(H,20,21). The van der Waals surface area contributed by atoms with Crippen LogP contribution in [-0.4, -0.2) is 33.3 Å². The Morgan fingerprint density at radius 2 is 2.09 bits per heavy atom. The molecule has 0 saturated heterocycles. The van der Waals surface area contributed by atoms with Crippen LogP contribution in [0.15, 0.2) is 30.6 Å². The summed E-state index contributed by atoms with van der Waals surface area (Å²) in [6, 6.07) is 4.97. The zero-order valence-corrected chi connectivity index (χ0v) is 12.9. The molecule has 0 unspecified atom stereocenters. The van der Waals surface area contributed by atoms with Gasteiger partial charge in [-0.15, -0.1) is 0 Å². The third-order valence-corrected chi connectivity index (χ3v) is 3.39. The van der Waals surface area contributed by atoms with Gasteiger partial charge >= 0.3 is 5.97 Å². The zero-order valence-electron chi connectivity index (χ0n) is 11.4. The van der Waals surface area contributed by atoms with E-state index >= 15 is 0 Å². The Kier molecular flexibility index (Phi) is 5.41. The summed E-state index contributed by atoms with van der Waals surface area (Å²) >= 11 is 11.9. The third kappa shape index (κ3) is 4.22. The minimum atomic E-state index is -0.889. The third-order valence-electron chi connectivity index (χ3n) is 2.85. The largest absolute Gasteiger partial charge is 0.481 e. The molecule has 0 fully saturated rings. The van der Waals surface area contributed by atoms with Gasteiger partial charge in [-0.25, -0.2) is 4.68 Å². The Morgan fingerprint density at radius 1 is 1.32 bits per heavy atom. The minimum absolute atomic E-state index is 0.0138. The lowest BCUT2D eigenvalue weighted by atomic mass is 10.3. The van der Waals surface area contributed by atoms with Crippen LogP contribution < -0.4 is 5.32 Å². The summed E-state index contributed by atoms with van der Waals surface area (Å²) in [5.74, 6) is -1.21. The van der Waals surface area contributed by atoms with Gasteiger partial charge in [0.15, 0.2) is 0 Å². The predicted molar refractivity (Wildman–Crippen MR) is 82.8 cm³/mol. The van der Waals surface area contributed by atoms with Gasteiger partial charge in [0.05, 0.1) is 22.5 Å². The van der Waals surface area contributed by atoms with E-state index < -0.39 is 5.97 Å². The Balaban J connectivity index is 2.01. The predicted octanol–water partition coefficient (Wildman–Crippen LogP) is 2.77. The number of carbonyl (C=O) groups is 2. The van der Waals surface area contributed by atoms with Crippen LogP contribution in [0.1, 0.15) is 23.2 Å². The highest BCUT2D eigenvalue weighted by atomic mass is 35.5. The van der Waals surface area contributed by atoms with Crippen molar-refractivity contribution in [3.8, 4) is 5.69 Å². The van der Waals surface area contributed by atoms with Crippen LogP contribution in [-0.2, 0) is 4.79 Å². The summed E-state index contributed by atoms with van der Waals surface area (Å²) in [5, 5.41) is 16.2. The second-order valence-corrected chi connectivity index (χ2v) is 5.37. The van der Waals surface area contributed by atoms with Crippen molar-refractivity contribution in [3.63, 3.8) is 0 Å². The summed E-state index contributed by atoms with van der Waals surface area (Å²) in [7, 11) is 0. The lowest BCUT2D eigenvalue weighted by molar-refractivity contribution is -0.137. The summed E-state index contributed by atoms with van der Waals surface area (Å²) in [5.41, 5.74) is 0.970. The van der Waals surface area contributed by atoms with Crippen molar-refractivity contribution in [2.24, 2.45) is 0 Å². The number of aliphatic carboxylic acids is 1. The molecule has 0 aliphatic carbocycles. The van der Waals surface area contributed by atoms with Gasteiger partial charge in [0.2, 0.25) is 0 Å². The van der Waals surface area contributed by atoms with Gasteiger partial charge in [0.1, 0.15) is 0 Å². The lowest BCUT2D eigenvalue weighted by Gasteiger charge is -2.04. The highest BCUT2D eigenvalue weighted by Gasteiger charge is 2.11. The first-order valence-electron chi connectivity index (χ1n) is 6.47. The first-order chi connectivity index (χ1) is 10.5. The first kappa shape index (κ1) is 16.3. The molecular formula is C14H13Cl2N3O3. The molecule has 6 nitrogen and oxygen atoms in total. The number of benzene rings is 1. The van der Waals surface area contributed by atoms with E-state index in [2.05, 4.69) is 10.4 Å². The number of carboxylic acids is 1. The highest BCUT2D eigenvalue weighted by molar-refractivity contribution is 6.35. The summed E-state index contributed by atoms with van der Waals surface area (Å²) in [6.07, 6.45) is 3.34. The smallest absolute Gasteiger partial charge is 0.303 e. The van der Waals surface area contributed by atoms with E-state index in [4.69, 9.17) is 28.3 Å². The fourth-order valence-corrected chi connectivity index (χ4v) is 2.28. The van der Waals surface area contributed by atoms with Gasteiger partial charge in [-0.2, -0.15) is 5.10 Å². The van der Waals surface area contributed by atoms with Crippen molar-refractivity contribution in [3.05, 3.63) is 46.2 Å². The molecule has 116 valence electrons. The van der Waals surface area contributed by atoms with Crippen LogP contribution in [0.2, 0.25) is 10.0 Å². The topological polar surface area (TPSA) is 84.2 Å². The van der Waals surface area contributed by atoms with Crippen molar-refractivity contribution in [2.45, 2.75) is 12.8 Å². The average molecular weight is 342 g/mol. The van der Waals surface area contributed by atoms with Gasteiger partial charge in [-0.3, -0.25) is 9.59 Å². The Hall–Kier alpha value is -2.05. The SMILES string of the molecule is O=C(O)CCCNC(=O)c1cnn(-c2ccc(Cl)cc2Cl)c1. The van der Waals surface area contributed by atoms with Gasteiger partial charge in [0, 0.05) is 24.2 Å². The van der Waals surface area contributed by atoms with Crippen molar-refractivity contribution in [2.75, 3.05) is 6.54 Å². The maximum Gasteiger partial charge on any atom is 0.303 e. The van der Waals surface area contributed by atoms with E-state index in [9.17, 15) is 9.59 Å². The van der Waals surface area contributed by atoms with Gasteiger partial charge < -0.3 is 10.4 Å². The molecule has 0 radical (unpaired) electrons. The van der Waals surface area contributed by atoms with Crippen LogP contribution in [0.3, 0.4) is 0 Å². The van der Waals surface area contributed by atoms with Crippen LogP contribution in [0.4, 0.5) is 0 Å². The van der Waals surface area contributed by atoms with Crippen molar-refractivity contribution in [1.82, 2.24) is 15.1 Å². The van der Waals surface area contributed by atoms with Gasteiger partial charge in [0.25, 0.3) is 5.91 Å². The van der Waals surface area contributed by atoms with Gasteiger partial charge in [-0.1, -0.05) is 23.2 Å². The van der Waals surface area contributed by atoms with E-state index in [0.717, 1.165) is 0 Å². The van der Waals surface area contributed by atoms with E-state index in [1.54, 1.807) is 24.4 Å². The number of nitrogens with one attached hydrogen (secondary N) is 1. The Bertz CT molecular complexity index is 700. The molecule has 8 heteroatoms. The van der Waals surface area contributed by atoms with E-state index in [-0.39, 0.29) is 18.9 Å². The zero-order chi connectivity index (χ0) is 16.1. The molecule has 0 atom stereocenters. The first-order valence-corrected chi connectivity index (χ1v) is 7.23. The van der Waals surface area contributed by atoms with E-state index in [0.29, 0.717) is 27.7 Å². The summed E-state index contributed by atoms with van der Waals surface area (Å²) in [4.78, 5) is 22.3. The molecule has 1 amide bonds. The maximum atomic E-state index is 11.9. The number of hydrogen-bond donors (Lipinski definition) is 2. The molecule has 0 saturated carbocycles. The number of carbonyl (C=O) groups excluding carboxylic acids is 1. The van der Waals surface area contributed by atoms with E-state index in [1.807, 2.05) is 0 Å². The van der Waals surface area contributed by atoms with Crippen LogP contribution in [0, 0.1) is 0 Å². The second kappa shape index (κ2) is 7.29. The monoisotopic (exact) mass is 341 g/mol. The normalized spacial score (nSPS) is 10.5. The number of rotatable bonds is 6. The highest BCUT2D eigenvalue weighted by Crippen LogP contribution is 2.24. The molecule has 0 aliphatic heterocycles. The van der Waals surface area contributed by atoms with Crippen LogP contribution in [0.5, 0.6) is 0 Å². The number of hydrogen-bond acceptors (Lipinski definition) is 3. The molecule has 0 aliphatic rings. The molecule has 0 spiro atoms. The van der Waals surface area contributed by atoms with Crippen molar-refractivity contribution >= 4 is 35.1 Å². The molecule has 2 aromatic rings.